The normalized spacial score (nSPS) is 22.1. The van der Waals surface area contributed by atoms with E-state index in [2.05, 4.69) is 0 Å². The number of carboxylic acids is 1. The maximum absolute atomic E-state index is 13.4. The third kappa shape index (κ3) is 2.93. The van der Waals surface area contributed by atoms with Crippen LogP contribution in [0.4, 0.5) is 5.69 Å². The molecule has 0 spiro atoms. The first-order valence-electron chi connectivity index (χ1n) is 9.38. The zero-order valence-electron chi connectivity index (χ0n) is 15.2. The molecular weight excluding hydrogens is 360 g/mol. The minimum atomic E-state index is -1.01. The van der Waals surface area contributed by atoms with Gasteiger partial charge < -0.3 is 10.0 Å². The van der Waals surface area contributed by atoms with Gasteiger partial charge in [0.05, 0.1) is 11.0 Å². The lowest BCUT2D eigenvalue weighted by Gasteiger charge is -2.44. The van der Waals surface area contributed by atoms with E-state index in [4.69, 9.17) is 0 Å². The molecule has 1 fully saturated rings. The number of non-ortho nitro benzene ring substituents is 1. The van der Waals surface area contributed by atoms with Crippen molar-refractivity contribution in [1.29, 1.82) is 0 Å². The van der Waals surface area contributed by atoms with Crippen molar-refractivity contribution in [2.24, 2.45) is 0 Å². The molecule has 2 aromatic carbocycles. The van der Waals surface area contributed by atoms with Gasteiger partial charge >= 0.3 is 5.97 Å². The van der Waals surface area contributed by atoms with Gasteiger partial charge in [0.1, 0.15) is 5.92 Å². The topological polar surface area (TPSA) is 101 Å². The maximum atomic E-state index is 13.4. The SMILES string of the molecule is O=C(O)[C@H]1c2ccccc2C(=O)N(C2CCCC2)[C@H]1c1ccc([N+](=O)[O-])cc1. The summed E-state index contributed by atoms with van der Waals surface area (Å²) in [7, 11) is 0. The van der Waals surface area contributed by atoms with Crippen molar-refractivity contribution in [2.45, 2.75) is 43.7 Å². The number of amides is 1. The molecule has 2 aliphatic rings. The average molecular weight is 380 g/mol. The molecule has 1 aliphatic carbocycles. The van der Waals surface area contributed by atoms with E-state index < -0.39 is 22.9 Å². The van der Waals surface area contributed by atoms with Crippen LogP contribution >= 0.6 is 0 Å². The van der Waals surface area contributed by atoms with Gasteiger partial charge in [-0.15, -0.1) is 0 Å². The minimum absolute atomic E-state index is 0.0251. The molecule has 7 nitrogen and oxygen atoms in total. The summed E-state index contributed by atoms with van der Waals surface area (Å²) in [6.07, 6.45) is 3.68. The molecule has 0 bridgehead atoms. The Bertz CT molecular complexity index is 934. The number of fused-ring (bicyclic) bond motifs is 1. The lowest BCUT2D eigenvalue weighted by atomic mass is 9.79. The van der Waals surface area contributed by atoms with Crippen LogP contribution in [-0.4, -0.2) is 32.8 Å². The van der Waals surface area contributed by atoms with Crippen LogP contribution in [0.15, 0.2) is 48.5 Å². The number of benzene rings is 2. The molecule has 1 N–H and O–H groups in total. The Morgan fingerprint density at radius 1 is 1.07 bits per heavy atom. The van der Waals surface area contributed by atoms with Crippen molar-refractivity contribution < 1.29 is 19.6 Å². The molecule has 28 heavy (non-hydrogen) atoms. The van der Waals surface area contributed by atoms with Crippen LogP contribution in [0.1, 0.15) is 59.1 Å². The highest BCUT2D eigenvalue weighted by Crippen LogP contribution is 2.46. The number of aliphatic carboxylic acids is 1. The molecule has 1 amide bonds. The van der Waals surface area contributed by atoms with Gasteiger partial charge in [0.25, 0.3) is 11.6 Å². The van der Waals surface area contributed by atoms with Gasteiger partial charge in [-0.3, -0.25) is 19.7 Å². The Balaban J connectivity index is 1.88. The molecular formula is C21H20N2O5. The number of carboxylic acid groups (broad SMARTS) is 1. The molecule has 1 saturated carbocycles. The van der Waals surface area contributed by atoms with Gasteiger partial charge in [-0.05, 0) is 30.0 Å². The molecule has 4 rings (SSSR count). The van der Waals surface area contributed by atoms with Crippen LogP contribution in [0.2, 0.25) is 0 Å². The fraction of sp³-hybridized carbons (Fsp3) is 0.333. The predicted octanol–water partition coefficient (Wildman–Crippen LogP) is 3.90. The van der Waals surface area contributed by atoms with Crippen molar-refractivity contribution in [3.8, 4) is 0 Å². The van der Waals surface area contributed by atoms with E-state index in [1.165, 1.54) is 12.1 Å². The summed E-state index contributed by atoms with van der Waals surface area (Å²) in [4.78, 5) is 37.9. The largest absolute Gasteiger partial charge is 0.481 e. The van der Waals surface area contributed by atoms with Crippen LogP contribution in [0, 0.1) is 10.1 Å². The van der Waals surface area contributed by atoms with Crippen LogP contribution in [0.5, 0.6) is 0 Å². The average Bonchev–Trinajstić information content (AvgIpc) is 3.22. The predicted molar refractivity (Wildman–Crippen MR) is 101 cm³/mol. The fourth-order valence-corrected chi connectivity index (χ4v) is 4.55. The van der Waals surface area contributed by atoms with E-state index in [-0.39, 0.29) is 17.6 Å². The van der Waals surface area contributed by atoms with Gasteiger partial charge in [-0.25, -0.2) is 0 Å². The lowest BCUT2D eigenvalue weighted by molar-refractivity contribution is -0.384. The van der Waals surface area contributed by atoms with Crippen LogP contribution in [0.25, 0.3) is 0 Å². The summed E-state index contributed by atoms with van der Waals surface area (Å²) < 4.78 is 0. The molecule has 144 valence electrons. The van der Waals surface area contributed by atoms with E-state index in [1.54, 1.807) is 41.3 Å². The number of carbonyl (C=O) groups excluding carboxylic acids is 1. The smallest absolute Gasteiger partial charge is 0.313 e. The van der Waals surface area contributed by atoms with Crippen molar-refractivity contribution in [3.63, 3.8) is 0 Å². The summed E-state index contributed by atoms with van der Waals surface area (Å²) in [5, 5.41) is 21.1. The zero-order chi connectivity index (χ0) is 19.8. The van der Waals surface area contributed by atoms with Gasteiger partial charge in [0, 0.05) is 23.7 Å². The molecule has 7 heteroatoms. The number of hydrogen-bond donors (Lipinski definition) is 1. The van der Waals surface area contributed by atoms with Gasteiger partial charge in [0.2, 0.25) is 0 Å². The highest BCUT2D eigenvalue weighted by Gasteiger charge is 2.47. The highest BCUT2D eigenvalue weighted by atomic mass is 16.6. The first-order chi connectivity index (χ1) is 13.5. The molecule has 0 saturated heterocycles. The molecule has 1 heterocycles. The van der Waals surface area contributed by atoms with Crippen molar-refractivity contribution in [1.82, 2.24) is 4.90 Å². The third-order valence-electron chi connectivity index (χ3n) is 5.81. The lowest BCUT2D eigenvalue weighted by Crippen LogP contribution is -2.49. The Kier molecular flexibility index (Phi) is 4.58. The van der Waals surface area contributed by atoms with E-state index >= 15 is 0 Å². The van der Waals surface area contributed by atoms with Crippen LogP contribution in [0.3, 0.4) is 0 Å². The standard InChI is InChI=1S/C21H20N2O5/c24-20-17-8-4-3-7-16(17)18(21(25)26)19(22(20)14-5-1-2-6-14)13-9-11-15(12-10-13)23(27)28/h3-4,7-12,14,18-19H,1-2,5-6H2,(H,25,26)/t18-,19-/m0/s1. The Labute approximate surface area is 161 Å². The number of hydrogen-bond acceptors (Lipinski definition) is 4. The molecule has 1 aliphatic heterocycles. The Hall–Kier alpha value is -3.22. The quantitative estimate of drug-likeness (QED) is 0.640. The van der Waals surface area contributed by atoms with E-state index in [0.29, 0.717) is 16.7 Å². The third-order valence-corrected chi connectivity index (χ3v) is 5.81. The molecule has 0 aromatic heterocycles. The number of nitro groups is 1. The number of carbonyl (C=O) groups is 2. The summed E-state index contributed by atoms with van der Waals surface area (Å²) in [5.41, 5.74) is 1.47. The summed E-state index contributed by atoms with van der Waals surface area (Å²) in [6, 6.07) is 12.0. The van der Waals surface area contributed by atoms with Crippen molar-refractivity contribution in [2.75, 3.05) is 0 Å². The summed E-state index contributed by atoms with van der Waals surface area (Å²) in [6.45, 7) is 0. The molecule has 0 unspecified atom stereocenters. The second kappa shape index (κ2) is 7.07. The van der Waals surface area contributed by atoms with Gasteiger partial charge in [-0.2, -0.15) is 0 Å². The highest BCUT2D eigenvalue weighted by molar-refractivity contribution is 6.00. The van der Waals surface area contributed by atoms with Crippen LogP contribution in [-0.2, 0) is 4.79 Å². The minimum Gasteiger partial charge on any atom is -0.481 e. The van der Waals surface area contributed by atoms with Crippen LogP contribution < -0.4 is 0 Å². The number of nitrogens with zero attached hydrogens (tertiary/aromatic N) is 2. The first-order valence-corrected chi connectivity index (χ1v) is 9.38. The van der Waals surface area contributed by atoms with Crippen molar-refractivity contribution >= 4 is 17.6 Å². The zero-order valence-corrected chi connectivity index (χ0v) is 15.2. The van der Waals surface area contributed by atoms with Gasteiger partial charge in [-0.1, -0.05) is 43.2 Å². The summed E-state index contributed by atoms with van der Waals surface area (Å²) >= 11 is 0. The maximum Gasteiger partial charge on any atom is 0.313 e. The number of rotatable bonds is 4. The monoisotopic (exact) mass is 380 g/mol. The van der Waals surface area contributed by atoms with E-state index in [9.17, 15) is 24.8 Å². The molecule has 2 atom stereocenters. The second-order valence-electron chi connectivity index (χ2n) is 7.35. The van der Waals surface area contributed by atoms with Gasteiger partial charge in [0.15, 0.2) is 0 Å². The van der Waals surface area contributed by atoms with Crippen molar-refractivity contribution in [3.05, 3.63) is 75.3 Å². The molecule has 0 radical (unpaired) electrons. The fourth-order valence-electron chi connectivity index (χ4n) is 4.55. The number of nitro benzene ring substituents is 1. The first kappa shape index (κ1) is 18.2. The Morgan fingerprint density at radius 2 is 1.71 bits per heavy atom. The molecule has 2 aromatic rings. The van der Waals surface area contributed by atoms with E-state index in [0.717, 1.165) is 25.7 Å². The van der Waals surface area contributed by atoms with E-state index in [1.807, 2.05) is 0 Å². The Morgan fingerprint density at radius 3 is 2.32 bits per heavy atom. The second-order valence-corrected chi connectivity index (χ2v) is 7.35. The summed E-state index contributed by atoms with van der Waals surface area (Å²) in [5.74, 6) is -2.09.